The van der Waals surface area contributed by atoms with Crippen molar-refractivity contribution in [2.75, 3.05) is 26.3 Å². The summed E-state index contributed by atoms with van der Waals surface area (Å²) in [6.07, 6.45) is 6.75. The summed E-state index contributed by atoms with van der Waals surface area (Å²) in [6.45, 7) is 3.26. The fourth-order valence-corrected chi connectivity index (χ4v) is 4.60. The van der Waals surface area contributed by atoms with Crippen LogP contribution in [0, 0.1) is 5.92 Å². The standard InChI is InChI=1S/C20H25N3O2S/c24-20(19-2-1-11-26-19)23-9-5-17(6-10-23)22-18-14-25-13-16(18)12-15-3-7-21-8-4-15/h1-4,7-8,11,16-18,22H,5-6,9-10,12-14H2/t16-,18+/m1/s1. The van der Waals surface area contributed by atoms with E-state index in [2.05, 4.69) is 22.4 Å². The molecule has 2 aliphatic rings. The summed E-state index contributed by atoms with van der Waals surface area (Å²) in [6, 6.07) is 8.89. The minimum Gasteiger partial charge on any atom is -0.379 e. The molecule has 0 bridgehead atoms. The summed E-state index contributed by atoms with van der Waals surface area (Å²) in [5.74, 6) is 0.682. The largest absolute Gasteiger partial charge is 0.379 e. The molecule has 2 aromatic rings. The molecule has 6 heteroatoms. The highest BCUT2D eigenvalue weighted by Crippen LogP contribution is 2.22. The molecule has 0 unspecified atom stereocenters. The number of likely N-dealkylation sites (tertiary alicyclic amines) is 1. The number of carbonyl (C=O) groups excluding carboxylic acids is 1. The van der Waals surface area contributed by atoms with E-state index in [1.54, 1.807) is 0 Å². The van der Waals surface area contributed by atoms with Crippen LogP contribution < -0.4 is 5.32 Å². The van der Waals surface area contributed by atoms with Gasteiger partial charge in [0.05, 0.1) is 18.1 Å². The van der Waals surface area contributed by atoms with Gasteiger partial charge in [-0.15, -0.1) is 11.3 Å². The average molecular weight is 372 g/mol. The van der Waals surface area contributed by atoms with Crippen LogP contribution in [0.5, 0.6) is 0 Å². The van der Waals surface area contributed by atoms with Crippen LogP contribution in [-0.4, -0.2) is 54.2 Å². The third-order valence-corrected chi connectivity index (χ3v) is 6.27. The zero-order valence-electron chi connectivity index (χ0n) is 14.8. The highest BCUT2D eigenvalue weighted by molar-refractivity contribution is 7.12. The highest BCUT2D eigenvalue weighted by atomic mass is 32.1. The summed E-state index contributed by atoms with van der Waals surface area (Å²) in [5, 5.41) is 5.77. The Morgan fingerprint density at radius 2 is 2.04 bits per heavy atom. The second-order valence-electron chi connectivity index (χ2n) is 7.17. The van der Waals surface area contributed by atoms with Gasteiger partial charge in [-0.3, -0.25) is 9.78 Å². The monoisotopic (exact) mass is 371 g/mol. The Labute approximate surface area is 158 Å². The lowest BCUT2D eigenvalue weighted by molar-refractivity contribution is 0.0704. The molecule has 2 saturated heterocycles. The lowest BCUT2D eigenvalue weighted by Gasteiger charge is -2.34. The Kier molecular flexibility index (Phi) is 5.62. The maximum atomic E-state index is 12.5. The molecule has 4 heterocycles. The van der Waals surface area contributed by atoms with Gasteiger partial charge < -0.3 is 15.0 Å². The van der Waals surface area contributed by atoms with Crippen molar-refractivity contribution in [1.29, 1.82) is 0 Å². The molecule has 4 rings (SSSR count). The van der Waals surface area contributed by atoms with Gasteiger partial charge >= 0.3 is 0 Å². The van der Waals surface area contributed by atoms with Crippen LogP contribution in [0.4, 0.5) is 0 Å². The normalized spacial score (nSPS) is 24.1. The maximum absolute atomic E-state index is 12.5. The summed E-state index contributed by atoms with van der Waals surface area (Å²) in [7, 11) is 0. The van der Waals surface area contributed by atoms with E-state index < -0.39 is 0 Å². The second-order valence-corrected chi connectivity index (χ2v) is 8.12. The quantitative estimate of drug-likeness (QED) is 0.878. The van der Waals surface area contributed by atoms with Crippen molar-refractivity contribution < 1.29 is 9.53 Å². The molecular formula is C20H25N3O2S. The predicted octanol–water partition coefficient (Wildman–Crippen LogP) is 2.60. The first-order valence-electron chi connectivity index (χ1n) is 9.35. The molecule has 2 atom stereocenters. The van der Waals surface area contributed by atoms with Gasteiger partial charge in [0.15, 0.2) is 0 Å². The summed E-state index contributed by atoms with van der Waals surface area (Å²) >= 11 is 1.52. The molecule has 2 aliphatic heterocycles. The SMILES string of the molecule is O=C(c1cccs1)N1CCC(N[C@H]2COC[C@H]2Cc2ccncc2)CC1. The van der Waals surface area contributed by atoms with E-state index in [9.17, 15) is 4.79 Å². The van der Waals surface area contributed by atoms with Crippen LogP contribution in [0.3, 0.4) is 0 Å². The highest BCUT2D eigenvalue weighted by Gasteiger charge is 2.32. The van der Waals surface area contributed by atoms with E-state index >= 15 is 0 Å². The number of nitrogens with zero attached hydrogens (tertiary/aromatic N) is 2. The molecule has 0 aromatic carbocycles. The summed E-state index contributed by atoms with van der Waals surface area (Å²) in [5.41, 5.74) is 1.32. The van der Waals surface area contributed by atoms with E-state index in [1.165, 1.54) is 16.9 Å². The molecular weight excluding hydrogens is 346 g/mol. The van der Waals surface area contributed by atoms with Crippen LogP contribution in [0.15, 0.2) is 42.0 Å². The van der Waals surface area contributed by atoms with E-state index in [0.717, 1.165) is 50.4 Å². The fraction of sp³-hybridized carbons (Fsp3) is 0.500. The van der Waals surface area contributed by atoms with Gasteiger partial charge in [-0.05, 0) is 48.4 Å². The van der Waals surface area contributed by atoms with Gasteiger partial charge in [0.25, 0.3) is 5.91 Å². The molecule has 1 N–H and O–H groups in total. The van der Waals surface area contributed by atoms with Gasteiger partial charge in [-0.25, -0.2) is 0 Å². The Morgan fingerprint density at radius 3 is 2.77 bits per heavy atom. The van der Waals surface area contributed by atoms with E-state index in [-0.39, 0.29) is 5.91 Å². The predicted molar refractivity (Wildman–Crippen MR) is 102 cm³/mol. The van der Waals surface area contributed by atoms with Crippen LogP contribution in [0.25, 0.3) is 0 Å². The molecule has 2 aromatic heterocycles. The Morgan fingerprint density at radius 1 is 1.23 bits per heavy atom. The minimum atomic E-state index is 0.179. The maximum Gasteiger partial charge on any atom is 0.263 e. The average Bonchev–Trinajstić information content (AvgIpc) is 3.35. The lowest BCUT2D eigenvalue weighted by atomic mass is 9.93. The zero-order chi connectivity index (χ0) is 17.8. The van der Waals surface area contributed by atoms with Crippen LogP contribution >= 0.6 is 11.3 Å². The summed E-state index contributed by atoms with van der Waals surface area (Å²) < 4.78 is 5.75. The molecule has 2 fully saturated rings. The Balaban J connectivity index is 1.28. The van der Waals surface area contributed by atoms with Crippen molar-refractivity contribution >= 4 is 17.2 Å². The molecule has 26 heavy (non-hydrogen) atoms. The fourth-order valence-electron chi connectivity index (χ4n) is 3.91. The van der Waals surface area contributed by atoms with Gasteiger partial charge in [0, 0.05) is 43.5 Å². The van der Waals surface area contributed by atoms with Crippen molar-refractivity contribution in [3.05, 3.63) is 52.5 Å². The molecule has 0 radical (unpaired) electrons. The van der Waals surface area contributed by atoms with E-state index in [0.29, 0.717) is 18.0 Å². The first-order valence-corrected chi connectivity index (χ1v) is 10.2. The van der Waals surface area contributed by atoms with Gasteiger partial charge in [0.1, 0.15) is 0 Å². The van der Waals surface area contributed by atoms with Crippen molar-refractivity contribution in [2.45, 2.75) is 31.3 Å². The number of rotatable bonds is 5. The van der Waals surface area contributed by atoms with Gasteiger partial charge in [-0.2, -0.15) is 0 Å². The molecule has 138 valence electrons. The Bertz CT molecular complexity index is 699. The number of ether oxygens (including phenoxy) is 1. The smallest absolute Gasteiger partial charge is 0.263 e. The zero-order valence-corrected chi connectivity index (χ0v) is 15.7. The topological polar surface area (TPSA) is 54.5 Å². The van der Waals surface area contributed by atoms with Crippen LogP contribution in [0.1, 0.15) is 28.1 Å². The number of carbonyl (C=O) groups is 1. The number of amides is 1. The second kappa shape index (κ2) is 8.29. The van der Waals surface area contributed by atoms with Crippen molar-refractivity contribution in [1.82, 2.24) is 15.2 Å². The molecule has 0 saturated carbocycles. The van der Waals surface area contributed by atoms with E-state index in [1.807, 2.05) is 34.8 Å². The van der Waals surface area contributed by atoms with E-state index in [4.69, 9.17) is 4.74 Å². The number of pyridine rings is 1. The number of hydrogen-bond donors (Lipinski definition) is 1. The molecule has 0 spiro atoms. The van der Waals surface area contributed by atoms with Crippen molar-refractivity contribution in [2.24, 2.45) is 5.92 Å². The third-order valence-electron chi connectivity index (χ3n) is 5.41. The number of nitrogens with one attached hydrogen (secondary N) is 1. The van der Waals surface area contributed by atoms with Gasteiger partial charge in [0.2, 0.25) is 0 Å². The number of hydrogen-bond acceptors (Lipinski definition) is 5. The lowest BCUT2D eigenvalue weighted by Crippen LogP contribution is -2.49. The first-order chi connectivity index (χ1) is 12.8. The Hall–Kier alpha value is -1.76. The van der Waals surface area contributed by atoms with Gasteiger partial charge in [-0.1, -0.05) is 6.07 Å². The first kappa shape index (κ1) is 17.6. The summed E-state index contributed by atoms with van der Waals surface area (Å²) in [4.78, 5) is 19.4. The number of piperidine rings is 1. The molecule has 0 aliphatic carbocycles. The number of thiophene rings is 1. The van der Waals surface area contributed by atoms with Crippen LogP contribution in [0.2, 0.25) is 0 Å². The molecule has 1 amide bonds. The van der Waals surface area contributed by atoms with Crippen LogP contribution in [-0.2, 0) is 11.2 Å². The van der Waals surface area contributed by atoms with Crippen molar-refractivity contribution in [3.63, 3.8) is 0 Å². The third kappa shape index (κ3) is 4.14. The van der Waals surface area contributed by atoms with Crippen molar-refractivity contribution in [3.8, 4) is 0 Å². The molecule has 5 nitrogen and oxygen atoms in total. The minimum absolute atomic E-state index is 0.179. The number of aromatic nitrogens is 1.